The van der Waals surface area contributed by atoms with E-state index in [1.54, 1.807) is 43.8 Å². The van der Waals surface area contributed by atoms with Crippen molar-refractivity contribution in [2.45, 2.75) is 26.7 Å². The summed E-state index contributed by atoms with van der Waals surface area (Å²) in [5, 5.41) is 16.0. The Kier molecular flexibility index (Phi) is 4.58. The molecular formula is C18H20N4O4. The zero-order chi connectivity index (χ0) is 19.0. The number of rotatable bonds is 4. The molecule has 0 radical (unpaired) electrons. The minimum Gasteiger partial charge on any atom is -0.465 e. The van der Waals surface area contributed by atoms with Gasteiger partial charge in [-0.05, 0) is 20.8 Å². The predicted octanol–water partition coefficient (Wildman–Crippen LogP) is 3.05. The number of nitro benzene ring substituents is 1. The molecule has 0 aliphatic carbocycles. The van der Waals surface area contributed by atoms with Gasteiger partial charge in [0.25, 0.3) is 5.69 Å². The number of aliphatic imine (C=N–C) groups is 1. The van der Waals surface area contributed by atoms with Crippen molar-refractivity contribution in [1.82, 2.24) is 9.78 Å². The summed E-state index contributed by atoms with van der Waals surface area (Å²) in [5.41, 5.74) is 2.40. The number of aryl methyl sites for hydroxylation is 2. The molecule has 0 saturated carbocycles. The van der Waals surface area contributed by atoms with Crippen molar-refractivity contribution >= 4 is 23.2 Å². The zero-order valence-corrected chi connectivity index (χ0v) is 15.1. The number of fused-ring (bicyclic) bond motifs is 1. The lowest BCUT2D eigenvalue weighted by Gasteiger charge is -2.29. The second kappa shape index (κ2) is 6.70. The van der Waals surface area contributed by atoms with Gasteiger partial charge in [0.1, 0.15) is 5.92 Å². The molecule has 0 N–H and O–H groups in total. The van der Waals surface area contributed by atoms with E-state index < -0.39 is 22.7 Å². The fourth-order valence-electron chi connectivity index (χ4n) is 3.59. The average Bonchev–Trinajstić information content (AvgIpc) is 2.87. The third kappa shape index (κ3) is 2.77. The number of aromatic nitrogens is 2. The number of benzene rings is 1. The molecule has 0 fully saturated rings. The smallest absolute Gasteiger partial charge is 0.315 e. The van der Waals surface area contributed by atoms with E-state index in [4.69, 9.17) is 4.74 Å². The van der Waals surface area contributed by atoms with Crippen molar-refractivity contribution in [3.8, 4) is 0 Å². The molecule has 8 nitrogen and oxygen atoms in total. The molecule has 1 aliphatic heterocycles. The summed E-state index contributed by atoms with van der Waals surface area (Å²) in [6, 6.07) is 6.48. The number of carbonyl (C=O) groups is 1. The number of para-hydroxylation sites is 1. The summed E-state index contributed by atoms with van der Waals surface area (Å²) < 4.78 is 6.88. The maximum absolute atomic E-state index is 12.7. The lowest BCUT2D eigenvalue weighted by molar-refractivity contribution is -0.385. The van der Waals surface area contributed by atoms with Crippen LogP contribution in [0.5, 0.6) is 0 Å². The summed E-state index contributed by atoms with van der Waals surface area (Å²) in [4.78, 5) is 28.4. The molecule has 2 aromatic rings. The molecule has 26 heavy (non-hydrogen) atoms. The maximum atomic E-state index is 12.7. The molecule has 0 spiro atoms. The quantitative estimate of drug-likeness (QED) is 0.476. The molecule has 2 atom stereocenters. The maximum Gasteiger partial charge on any atom is 0.315 e. The summed E-state index contributed by atoms with van der Waals surface area (Å²) >= 11 is 0. The SMILES string of the molecule is CCOC(=O)C1C(C)=Nc2c(c(C)nn2C)C1c1ccccc1[N+](=O)[O-]. The second-order valence-electron chi connectivity index (χ2n) is 6.22. The van der Waals surface area contributed by atoms with E-state index in [2.05, 4.69) is 10.1 Å². The minimum atomic E-state index is -0.730. The van der Waals surface area contributed by atoms with Gasteiger partial charge >= 0.3 is 5.97 Å². The van der Waals surface area contributed by atoms with Crippen LogP contribution in [0.15, 0.2) is 29.3 Å². The molecule has 1 aliphatic rings. The number of ether oxygens (including phenoxy) is 1. The molecule has 136 valence electrons. The Bertz CT molecular complexity index is 916. The average molecular weight is 356 g/mol. The van der Waals surface area contributed by atoms with Crippen molar-refractivity contribution in [3.05, 3.63) is 51.2 Å². The molecule has 0 saturated heterocycles. The highest BCUT2D eigenvalue weighted by Crippen LogP contribution is 2.46. The zero-order valence-electron chi connectivity index (χ0n) is 15.1. The van der Waals surface area contributed by atoms with Crippen LogP contribution in [0, 0.1) is 23.0 Å². The van der Waals surface area contributed by atoms with E-state index in [9.17, 15) is 14.9 Å². The number of hydrogen-bond donors (Lipinski definition) is 0. The Morgan fingerprint density at radius 1 is 1.35 bits per heavy atom. The second-order valence-corrected chi connectivity index (χ2v) is 6.22. The molecule has 0 amide bonds. The van der Waals surface area contributed by atoms with Crippen LogP contribution in [0.2, 0.25) is 0 Å². The Hall–Kier alpha value is -3.03. The number of esters is 1. The van der Waals surface area contributed by atoms with Crippen LogP contribution in [0.3, 0.4) is 0 Å². The molecule has 3 rings (SSSR count). The van der Waals surface area contributed by atoms with E-state index in [1.807, 2.05) is 6.92 Å². The first-order chi connectivity index (χ1) is 12.4. The Balaban J connectivity index is 2.29. The van der Waals surface area contributed by atoms with Crippen LogP contribution in [-0.2, 0) is 16.6 Å². The summed E-state index contributed by atoms with van der Waals surface area (Å²) in [7, 11) is 1.77. The molecule has 0 bridgehead atoms. The molecule has 1 aromatic heterocycles. The monoisotopic (exact) mass is 356 g/mol. The van der Waals surface area contributed by atoms with Crippen molar-refractivity contribution in [1.29, 1.82) is 0 Å². The van der Waals surface area contributed by atoms with Crippen LogP contribution < -0.4 is 0 Å². The van der Waals surface area contributed by atoms with Crippen LogP contribution in [0.1, 0.15) is 36.6 Å². The Morgan fingerprint density at radius 3 is 2.69 bits per heavy atom. The van der Waals surface area contributed by atoms with Crippen LogP contribution in [-0.4, -0.2) is 33.0 Å². The number of nitro groups is 1. The van der Waals surface area contributed by atoms with E-state index in [0.29, 0.717) is 22.8 Å². The third-order valence-corrected chi connectivity index (χ3v) is 4.62. The van der Waals surface area contributed by atoms with Gasteiger partial charge in [0.15, 0.2) is 5.82 Å². The van der Waals surface area contributed by atoms with Crippen molar-refractivity contribution < 1.29 is 14.5 Å². The fourth-order valence-corrected chi connectivity index (χ4v) is 3.59. The first-order valence-corrected chi connectivity index (χ1v) is 8.35. The van der Waals surface area contributed by atoms with Gasteiger partial charge in [-0.2, -0.15) is 5.10 Å². The molecule has 2 heterocycles. The summed E-state index contributed by atoms with van der Waals surface area (Å²) in [6.45, 7) is 5.52. The van der Waals surface area contributed by atoms with Gasteiger partial charge < -0.3 is 4.74 Å². The topological polar surface area (TPSA) is 99.6 Å². The molecule has 1 aromatic carbocycles. The predicted molar refractivity (Wildman–Crippen MR) is 95.8 cm³/mol. The summed E-state index contributed by atoms with van der Waals surface area (Å²) in [6.07, 6.45) is 0. The lowest BCUT2D eigenvalue weighted by Crippen LogP contribution is -2.33. The highest BCUT2D eigenvalue weighted by molar-refractivity contribution is 6.05. The van der Waals surface area contributed by atoms with Crippen LogP contribution in [0.25, 0.3) is 0 Å². The number of nitrogens with zero attached hydrogens (tertiary/aromatic N) is 4. The minimum absolute atomic E-state index is 0.0318. The van der Waals surface area contributed by atoms with Gasteiger partial charge in [-0.15, -0.1) is 0 Å². The molecule has 8 heteroatoms. The Morgan fingerprint density at radius 2 is 2.04 bits per heavy atom. The van der Waals surface area contributed by atoms with Crippen LogP contribution >= 0.6 is 0 Å². The third-order valence-electron chi connectivity index (χ3n) is 4.62. The highest BCUT2D eigenvalue weighted by atomic mass is 16.6. The molecular weight excluding hydrogens is 336 g/mol. The van der Waals surface area contributed by atoms with E-state index in [1.165, 1.54) is 6.07 Å². The van der Waals surface area contributed by atoms with Gasteiger partial charge in [0.05, 0.1) is 17.2 Å². The number of hydrogen-bond acceptors (Lipinski definition) is 6. The van der Waals surface area contributed by atoms with Gasteiger partial charge in [-0.3, -0.25) is 19.6 Å². The van der Waals surface area contributed by atoms with Gasteiger partial charge in [-0.25, -0.2) is 4.99 Å². The largest absolute Gasteiger partial charge is 0.465 e. The van der Waals surface area contributed by atoms with E-state index in [0.717, 1.165) is 5.56 Å². The van der Waals surface area contributed by atoms with Crippen molar-refractivity contribution in [3.63, 3.8) is 0 Å². The molecule has 2 unspecified atom stereocenters. The van der Waals surface area contributed by atoms with Crippen molar-refractivity contribution in [2.24, 2.45) is 18.0 Å². The first-order valence-electron chi connectivity index (χ1n) is 8.35. The highest BCUT2D eigenvalue weighted by Gasteiger charge is 2.43. The van der Waals surface area contributed by atoms with Crippen LogP contribution in [0.4, 0.5) is 11.5 Å². The van der Waals surface area contributed by atoms with E-state index >= 15 is 0 Å². The normalized spacial score (nSPS) is 18.8. The Labute approximate surface area is 150 Å². The fraction of sp³-hybridized carbons (Fsp3) is 0.389. The summed E-state index contributed by atoms with van der Waals surface area (Å²) in [5.74, 6) is -1.13. The van der Waals surface area contributed by atoms with Gasteiger partial charge in [0.2, 0.25) is 0 Å². The van der Waals surface area contributed by atoms with Crippen molar-refractivity contribution in [2.75, 3.05) is 6.61 Å². The van der Waals surface area contributed by atoms with Gasteiger partial charge in [0, 0.05) is 35.9 Å². The standard InChI is InChI=1S/C18H20N4O4/c1-5-26-18(23)15-10(2)19-17-14(11(3)20-21(17)4)16(15)12-8-6-7-9-13(12)22(24)25/h6-9,15-16H,5H2,1-4H3. The number of carbonyl (C=O) groups excluding carboxylic acids is 1. The first kappa shape index (κ1) is 17.8. The van der Waals surface area contributed by atoms with E-state index in [-0.39, 0.29) is 12.3 Å². The van der Waals surface area contributed by atoms with Gasteiger partial charge in [-0.1, -0.05) is 18.2 Å². The lowest BCUT2D eigenvalue weighted by atomic mass is 9.76.